The molecule has 11 nitrogen and oxygen atoms in total. The number of rotatable bonds is 12. The van der Waals surface area contributed by atoms with Crippen LogP contribution in [0.5, 0.6) is 0 Å². The summed E-state index contributed by atoms with van der Waals surface area (Å²) in [6, 6.07) is -0.745. The first kappa shape index (κ1) is 24.0. The molecule has 1 heterocycles. The SMILES string of the molecule is CC1(C)CC(=O)C=C(C(=O)NCCCCCC(=O)N[C@H](CN=[N+]=[N-])CC(=O)O)O1. The number of hydrogen-bond donors (Lipinski definition) is 3. The Morgan fingerprint density at radius 3 is 2.69 bits per heavy atom. The number of allylic oxidation sites excluding steroid dienone is 1. The Morgan fingerprint density at radius 2 is 2.07 bits per heavy atom. The number of ether oxygens (including phenoxy) is 1. The predicted octanol–water partition coefficient (Wildman–Crippen LogP) is 1.58. The van der Waals surface area contributed by atoms with Crippen LogP contribution in [0.1, 0.15) is 52.4 Å². The second-order valence-electron chi connectivity index (χ2n) is 7.36. The molecule has 0 unspecified atom stereocenters. The van der Waals surface area contributed by atoms with E-state index in [9.17, 15) is 19.2 Å². The summed E-state index contributed by atoms with van der Waals surface area (Å²) in [5, 5.41) is 17.3. The van der Waals surface area contributed by atoms with Gasteiger partial charge >= 0.3 is 5.97 Å². The van der Waals surface area contributed by atoms with Crippen molar-refractivity contribution in [2.75, 3.05) is 13.1 Å². The maximum atomic E-state index is 12.1. The summed E-state index contributed by atoms with van der Waals surface area (Å²) >= 11 is 0. The lowest BCUT2D eigenvalue weighted by Gasteiger charge is -2.29. The molecule has 0 aromatic heterocycles. The van der Waals surface area contributed by atoms with Crippen molar-refractivity contribution < 1.29 is 29.0 Å². The summed E-state index contributed by atoms with van der Waals surface area (Å²) in [6.07, 6.45) is 3.13. The molecule has 0 radical (unpaired) electrons. The van der Waals surface area contributed by atoms with E-state index >= 15 is 0 Å². The summed E-state index contributed by atoms with van der Waals surface area (Å²) in [6.45, 7) is 3.72. The van der Waals surface area contributed by atoms with Crippen LogP contribution in [0.2, 0.25) is 0 Å². The third-order valence-electron chi connectivity index (χ3n) is 4.02. The Bertz CT molecular complexity index is 708. The molecule has 11 heteroatoms. The third-order valence-corrected chi connectivity index (χ3v) is 4.02. The molecule has 1 atom stereocenters. The highest BCUT2D eigenvalue weighted by molar-refractivity contribution is 6.01. The Labute approximate surface area is 168 Å². The predicted molar refractivity (Wildman–Crippen MR) is 103 cm³/mol. The number of carboxylic acid groups (broad SMARTS) is 1. The van der Waals surface area contributed by atoms with Crippen LogP contribution in [0.3, 0.4) is 0 Å². The summed E-state index contributed by atoms with van der Waals surface area (Å²) in [7, 11) is 0. The molecular formula is C18H27N5O6. The van der Waals surface area contributed by atoms with E-state index in [0.29, 0.717) is 25.8 Å². The molecule has 2 amide bonds. The summed E-state index contributed by atoms with van der Waals surface area (Å²) < 4.78 is 5.51. The van der Waals surface area contributed by atoms with Crippen LogP contribution in [0.4, 0.5) is 0 Å². The van der Waals surface area contributed by atoms with E-state index in [0.717, 1.165) is 0 Å². The van der Waals surface area contributed by atoms with E-state index in [2.05, 4.69) is 20.7 Å². The quantitative estimate of drug-likeness (QED) is 0.191. The molecule has 0 spiro atoms. The molecule has 1 aliphatic rings. The number of nitrogens with zero attached hydrogens (tertiary/aromatic N) is 3. The first-order chi connectivity index (χ1) is 13.6. The zero-order valence-corrected chi connectivity index (χ0v) is 16.6. The van der Waals surface area contributed by atoms with E-state index in [1.54, 1.807) is 13.8 Å². The Morgan fingerprint density at radius 1 is 1.34 bits per heavy atom. The Balaban J connectivity index is 2.25. The van der Waals surface area contributed by atoms with Gasteiger partial charge in [0.2, 0.25) is 5.91 Å². The van der Waals surface area contributed by atoms with Crippen molar-refractivity contribution in [1.82, 2.24) is 10.6 Å². The highest BCUT2D eigenvalue weighted by Gasteiger charge is 2.31. The zero-order chi connectivity index (χ0) is 21.9. The molecule has 1 aliphatic heterocycles. The standard InChI is InChI=1S/C18H27N5O6/c1-18(2)10-13(24)9-14(29-18)17(28)20-7-5-3-4-6-15(25)22-12(8-16(26)27)11-21-23-19/h9,12H,3-8,10-11H2,1-2H3,(H,20,28)(H,22,25)(H,26,27)/t12-/m0/s1. The number of carbonyl (C=O) groups is 4. The van der Waals surface area contributed by atoms with Gasteiger partial charge in [-0.3, -0.25) is 19.2 Å². The highest BCUT2D eigenvalue weighted by Crippen LogP contribution is 2.24. The largest absolute Gasteiger partial charge is 0.482 e. The van der Waals surface area contributed by atoms with E-state index in [1.807, 2.05) is 0 Å². The van der Waals surface area contributed by atoms with Crippen molar-refractivity contribution >= 4 is 23.6 Å². The van der Waals surface area contributed by atoms with Crippen LogP contribution in [-0.2, 0) is 23.9 Å². The number of hydrogen-bond acceptors (Lipinski definition) is 6. The number of carbonyl (C=O) groups excluding carboxylic acids is 3. The molecule has 1 rings (SSSR count). The van der Waals surface area contributed by atoms with Gasteiger partial charge in [0.15, 0.2) is 11.5 Å². The third kappa shape index (κ3) is 10.2. The Kier molecular flexibility index (Phi) is 9.67. The van der Waals surface area contributed by atoms with Crippen molar-refractivity contribution in [1.29, 1.82) is 0 Å². The van der Waals surface area contributed by atoms with Crippen LogP contribution < -0.4 is 10.6 Å². The van der Waals surface area contributed by atoms with Gasteiger partial charge in [0, 0.05) is 43.0 Å². The summed E-state index contributed by atoms with van der Waals surface area (Å²) in [5.74, 6) is -2.01. The van der Waals surface area contributed by atoms with E-state index in [-0.39, 0.29) is 43.3 Å². The number of nitrogens with one attached hydrogen (secondary N) is 2. The topological polar surface area (TPSA) is 171 Å². The second-order valence-corrected chi connectivity index (χ2v) is 7.36. The molecule has 3 N–H and O–H groups in total. The minimum Gasteiger partial charge on any atom is -0.482 e. The highest BCUT2D eigenvalue weighted by atomic mass is 16.5. The van der Waals surface area contributed by atoms with Gasteiger partial charge in [0.1, 0.15) is 5.60 Å². The van der Waals surface area contributed by atoms with Gasteiger partial charge in [0.25, 0.3) is 5.91 Å². The molecule has 0 fully saturated rings. The van der Waals surface area contributed by atoms with E-state index < -0.39 is 23.5 Å². The minimum atomic E-state index is -1.10. The average molecular weight is 409 g/mol. The lowest BCUT2D eigenvalue weighted by molar-refractivity contribution is -0.137. The van der Waals surface area contributed by atoms with Crippen molar-refractivity contribution in [3.8, 4) is 0 Å². The van der Waals surface area contributed by atoms with Gasteiger partial charge in [-0.15, -0.1) is 0 Å². The number of unbranched alkanes of at least 4 members (excludes halogenated alkanes) is 2. The van der Waals surface area contributed by atoms with Crippen molar-refractivity contribution in [2.24, 2.45) is 5.11 Å². The van der Waals surface area contributed by atoms with Crippen LogP contribution in [0.25, 0.3) is 10.4 Å². The first-order valence-corrected chi connectivity index (χ1v) is 9.36. The van der Waals surface area contributed by atoms with Crippen molar-refractivity contribution in [3.05, 3.63) is 22.3 Å². The lowest BCUT2D eigenvalue weighted by Crippen LogP contribution is -2.38. The van der Waals surface area contributed by atoms with Gasteiger partial charge in [0.05, 0.1) is 6.42 Å². The van der Waals surface area contributed by atoms with Crippen LogP contribution >= 0.6 is 0 Å². The number of carboxylic acids is 1. The molecule has 29 heavy (non-hydrogen) atoms. The molecule has 0 saturated carbocycles. The van der Waals surface area contributed by atoms with Crippen LogP contribution in [0.15, 0.2) is 16.9 Å². The minimum absolute atomic E-state index is 0.00938. The van der Waals surface area contributed by atoms with Crippen LogP contribution in [-0.4, -0.2) is 53.4 Å². The van der Waals surface area contributed by atoms with Gasteiger partial charge < -0.3 is 20.5 Å². The van der Waals surface area contributed by atoms with E-state index in [4.69, 9.17) is 15.4 Å². The number of aliphatic carboxylic acids is 1. The maximum Gasteiger partial charge on any atom is 0.305 e. The van der Waals surface area contributed by atoms with E-state index in [1.165, 1.54) is 6.08 Å². The van der Waals surface area contributed by atoms with Gasteiger partial charge in [-0.2, -0.15) is 0 Å². The summed E-state index contributed by atoms with van der Waals surface area (Å²) in [5.41, 5.74) is 7.60. The average Bonchev–Trinajstić information content (AvgIpc) is 2.60. The Hall–Kier alpha value is -3.07. The zero-order valence-electron chi connectivity index (χ0n) is 16.6. The molecule has 0 saturated heterocycles. The normalized spacial score (nSPS) is 15.9. The smallest absolute Gasteiger partial charge is 0.305 e. The molecule has 0 aliphatic carbocycles. The number of azide groups is 1. The van der Waals surface area contributed by atoms with Crippen LogP contribution in [0, 0.1) is 0 Å². The van der Waals surface area contributed by atoms with Gasteiger partial charge in [-0.1, -0.05) is 11.5 Å². The number of ketones is 1. The fraction of sp³-hybridized carbons (Fsp3) is 0.667. The number of amides is 2. The maximum absolute atomic E-state index is 12.1. The summed E-state index contributed by atoms with van der Waals surface area (Å²) in [4.78, 5) is 48.9. The second kappa shape index (κ2) is 11.7. The first-order valence-electron chi connectivity index (χ1n) is 9.36. The molecular weight excluding hydrogens is 382 g/mol. The van der Waals surface area contributed by atoms with Crippen molar-refractivity contribution in [3.63, 3.8) is 0 Å². The fourth-order valence-corrected chi connectivity index (χ4v) is 2.78. The van der Waals surface area contributed by atoms with Gasteiger partial charge in [-0.05, 0) is 32.2 Å². The molecule has 0 aromatic carbocycles. The molecule has 160 valence electrons. The lowest BCUT2D eigenvalue weighted by atomic mass is 9.98. The fourth-order valence-electron chi connectivity index (χ4n) is 2.78. The van der Waals surface area contributed by atoms with Crippen molar-refractivity contribution in [2.45, 2.75) is 64.0 Å². The molecule has 0 aromatic rings. The molecule has 0 bridgehead atoms. The monoisotopic (exact) mass is 409 g/mol. The van der Waals surface area contributed by atoms with Gasteiger partial charge in [-0.25, -0.2) is 0 Å².